The molecule has 1 aromatic heterocycles. The van der Waals surface area contributed by atoms with Gasteiger partial charge in [-0.2, -0.15) is 0 Å². The lowest BCUT2D eigenvalue weighted by molar-refractivity contribution is 0.882. The second kappa shape index (κ2) is 3.01. The first-order valence-electron chi connectivity index (χ1n) is 4.35. The molecule has 0 unspecified atom stereocenters. The van der Waals surface area contributed by atoms with Crippen LogP contribution in [0.2, 0.25) is 0 Å². The fourth-order valence-corrected chi connectivity index (χ4v) is 2.09. The Kier molecular flexibility index (Phi) is 2.00. The van der Waals surface area contributed by atoms with E-state index in [1.165, 1.54) is 17.8 Å². The van der Waals surface area contributed by atoms with Gasteiger partial charge in [0.15, 0.2) is 0 Å². The smallest absolute Gasteiger partial charge is 0.205 e. The molecule has 1 aliphatic rings. The number of hydrogen-bond acceptors (Lipinski definition) is 4. The largest absolute Gasteiger partial charge is 0.358 e. The summed E-state index contributed by atoms with van der Waals surface area (Å²) in [6.45, 7) is 4.22. The first-order valence-corrected chi connectivity index (χ1v) is 5.17. The maximum atomic E-state index is 4.14. The van der Waals surface area contributed by atoms with Crippen LogP contribution in [-0.4, -0.2) is 16.2 Å². The van der Waals surface area contributed by atoms with E-state index in [0.29, 0.717) is 6.04 Å². The van der Waals surface area contributed by atoms with Crippen molar-refractivity contribution in [2.45, 2.75) is 38.6 Å². The lowest BCUT2D eigenvalue weighted by atomic mass is 10.4. The van der Waals surface area contributed by atoms with Gasteiger partial charge in [0, 0.05) is 12.0 Å². The van der Waals surface area contributed by atoms with Gasteiger partial charge in [-0.1, -0.05) is 11.3 Å². The topological polar surface area (TPSA) is 37.8 Å². The molecule has 2 rings (SSSR count). The highest BCUT2D eigenvalue weighted by Gasteiger charge is 2.27. The molecule has 1 fully saturated rings. The third-order valence-electron chi connectivity index (χ3n) is 1.78. The van der Waals surface area contributed by atoms with E-state index in [-0.39, 0.29) is 0 Å². The SMILES string of the molecule is CC(C)Nc1nnc(C2CC2)s1. The Balaban J connectivity index is 2.03. The molecule has 0 aromatic carbocycles. The highest BCUT2D eigenvalue weighted by Crippen LogP contribution is 2.42. The highest BCUT2D eigenvalue weighted by molar-refractivity contribution is 7.15. The second-order valence-corrected chi connectivity index (χ2v) is 4.53. The zero-order chi connectivity index (χ0) is 8.55. The summed E-state index contributed by atoms with van der Waals surface area (Å²) in [5.41, 5.74) is 0. The monoisotopic (exact) mass is 183 g/mol. The van der Waals surface area contributed by atoms with Crippen LogP contribution in [0.4, 0.5) is 5.13 Å². The van der Waals surface area contributed by atoms with Gasteiger partial charge in [0.05, 0.1) is 0 Å². The minimum Gasteiger partial charge on any atom is -0.358 e. The molecule has 0 amide bonds. The van der Waals surface area contributed by atoms with Gasteiger partial charge in [-0.25, -0.2) is 0 Å². The van der Waals surface area contributed by atoms with E-state index in [9.17, 15) is 0 Å². The molecule has 0 radical (unpaired) electrons. The molecule has 1 aromatic rings. The quantitative estimate of drug-likeness (QED) is 0.781. The average Bonchev–Trinajstić information content (AvgIpc) is 2.73. The first kappa shape index (κ1) is 7.98. The molecule has 0 aliphatic heterocycles. The van der Waals surface area contributed by atoms with E-state index in [4.69, 9.17) is 0 Å². The molecule has 1 heterocycles. The minimum atomic E-state index is 0.449. The summed E-state index contributed by atoms with van der Waals surface area (Å²) in [4.78, 5) is 0. The Hall–Kier alpha value is -0.640. The van der Waals surface area contributed by atoms with Gasteiger partial charge in [-0.3, -0.25) is 0 Å². The van der Waals surface area contributed by atoms with Gasteiger partial charge in [0.2, 0.25) is 5.13 Å². The Morgan fingerprint density at radius 3 is 2.75 bits per heavy atom. The summed E-state index contributed by atoms with van der Waals surface area (Å²) in [7, 11) is 0. The van der Waals surface area contributed by atoms with Gasteiger partial charge in [-0.15, -0.1) is 10.2 Å². The first-order chi connectivity index (χ1) is 5.75. The predicted octanol–water partition coefficient (Wildman–Crippen LogP) is 2.24. The summed E-state index contributed by atoms with van der Waals surface area (Å²) >= 11 is 1.70. The third kappa shape index (κ3) is 1.75. The molecule has 0 bridgehead atoms. The van der Waals surface area contributed by atoms with Crippen molar-refractivity contribution in [1.82, 2.24) is 10.2 Å². The maximum Gasteiger partial charge on any atom is 0.205 e. The molecule has 1 N–H and O–H groups in total. The lowest BCUT2D eigenvalue weighted by Gasteiger charge is -2.02. The molecule has 4 heteroatoms. The molecular formula is C8H13N3S. The van der Waals surface area contributed by atoms with E-state index in [0.717, 1.165) is 11.0 Å². The van der Waals surface area contributed by atoms with E-state index in [1.54, 1.807) is 11.3 Å². The number of aromatic nitrogens is 2. The van der Waals surface area contributed by atoms with E-state index < -0.39 is 0 Å². The number of nitrogens with one attached hydrogen (secondary N) is 1. The fraction of sp³-hybridized carbons (Fsp3) is 0.750. The molecule has 0 saturated heterocycles. The Bertz CT molecular complexity index is 265. The molecule has 0 spiro atoms. The summed E-state index contributed by atoms with van der Waals surface area (Å²) < 4.78 is 0. The summed E-state index contributed by atoms with van der Waals surface area (Å²) in [6.07, 6.45) is 2.60. The summed E-state index contributed by atoms with van der Waals surface area (Å²) in [5, 5.41) is 13.6. The maximum absolute atomic E-state index is 4.14. The Morgan fingerprint density at radius 1 is 1.42 bits per heavy atom. The zero-order valence-corrected chi connectivity index (χ0v) is 8.19. The summed E-state index contributed by atoms with van der Waals surface area (Å²) in [5.74, 6) is 0.727. The second-order valence-electron chi connectivity index (χ2n) is 3.52. The molecule has 3 nitrogen and oxygen atoms in total. The van der Waals surface area contributed by atoms with Crippen molar-refractivity contribution >= 4 is 16.5 Å². The molecule has 1 saturated carbocycles. The molecular weight excluding hydrogens is 170 g/mol. The van der Waals surface area contributed by atoms with Crippen LogP contribution in [0.3, 0.4) is 0 Å². The van der Waals surface area contributed by atoms with Gasteiger partial charge >= 0.3 is 0 Å². The van der Waals surface area contributed by atoms with Crippen molar-refractivity contribution < 1.29 is 0 Å². The molecule has 66 valence electrons. The molecule has 1 aliphatic carbocycles. The Morgan fingerprint density at radius 2 is 2.17 bits per heavy atom. The van der Waals surface area contributed by atoms with E-state index >= 15 is 0 Å². The van der Waals surface area contributed by atoms with Crippen molar-refractivity contribution in [1.29, 1.82) is 0 Å². The van der Waals surface area contributed by atoms with Crippen molar-refractivity contribution in [2.75, 3.05) is 5.32 Å². The standard InChI is InChI=1S/C8H13N3S/c1-5(2)9-8-11-10-7(12-8)6-3-4-6/h5-6H,3-4H2,1-2H3,(H,9,11). The normalized spacial score (nSPS) is 16.9. The summed E-state index contributed by atoms with van der Waals surface area (Å²) in [6, 6.07) is 0.449. The highest BCUT2D eigenvalue weighted by atomic mass is 32.1. The fourth-order valence-electron chi connectivity index (χ4n) is 1.04. The van der Waals surface area contributed by atoms with Crippen LogP contribution in [0.25, 0.3) is 0 Å². The third-order valence-corrected chi connectivity index (χ3v) is 2.80. The van der Waals surface area contributed by atoms with Crippen molar-refractivity contribution in [3.8, 4) is 0 Å². The van der Waals surface area contributed by atoms with Gasteiger partial charge in [0.1, 0.15) is 5.01 Å². The average molecular weight is 183 g/mol. The number of rotatable bonds is 3. The van der Waals surface area contributed by atoms with Crippen LogP contribution in [0.1, 0.15) is 37.6 Å². The molecule has 0 atom stereocenters. The van der Waals surface area contributed by atoms with E-state index in [2.05, 4.69) is 29.4 Å². The van der Waals surface area contributed by atoms with Crippen LogP contribution in [-0.2, 0) is 0 Å². The van der Waals surface area contributed by atoms with Crippen LogP contribution in [0.15, 0.2) is 0 Å². The number of nitrogens with zero attached hydrogens (tertiary/aromatic N) is 2. The van der Waals surface area contributed by atoms with Crippen LogP contribution >= 0.6 is 11.3 Å². The van der Waals surface area contributed by atoms with Gasteiger partial charge in [-0.05, 0) is 26.7 Å². The van der Waals surface area contributed by atoms with Crippen molar-refractivity contribution in [3.05, 3.63) is 5.01 Å². The van der Waals surface area contributed by atoms with Gasteiger partial charge < -0.3 is 5.32 Å². The Labute approximate surface area is 76.2 Å². The lowest BCUT2D eigenvalue weighted by Crippen LogP contribution is -2.08. The van der Waals surface area contributed by atoms with Crippen LogP contribution in [0, 0.1) is 0 Å². The van der Waals surface area contributed by atoms with Crippen molar-refractivity contribution in [2.24, 2.45) is 0 Å². The number of anilines is 1. The van der Waals surface area contributed by atoms with Crippen molar-refractivity contribution in [3.63, 3.8) is 0 Å². The zero-order valence-electron chi connectivity index (χ0n) is 7.37. The van der Waals surface area contributed by atoms with E-state index in [1.807, 2.05) is 0 Å². The predicted molar refractivity (Wildman–Crippen MR) is 50.6 cm³/mol. The minimum absolute atomic E-state index is 0.449. The molecule has 12 heavy (non-hydrogen) atoms. The van der Waals surface area contributed by atoms with Crippen LogP contribution in [0.5, 0.6) is 0 Å². The van der Waals surface area contributed by atoms with Gasteiger partial charge in [0.25, 0.3) is 0 Å². The number of hydrogen-bond donors (Lipinski definition) is 1. The van der Waals surface area contributed by atoms with Crippen LogP contribution < -0.4 is 5.32 Å².